The lowest BCUT2D eigenvalue weighted by atomic mass is 10.0. The molecule has 1 atom stereocenters. The number of hydrogen-bond acceptors (Lipinski definition) is 4. The third kappa shape index (κ3) is 3.81. The molecule has 1 aliphatic heterocycles. The van der Waals surface area contributed by atoms with E-state index in [0.717, 1.165) is 17.7 Å². The Kier molecular flexibility index (Phi) is 5.46. The van der Waals surface area contributed by atoms with Crippen LogP contribution in [0.15, 0.2) is 59.0 Å². The van der Waals surface area contributed by atoms with Crippen LogP contribution in [-0.2, 0) is 11.2 Å². The van der Waals surface area contributed by atoms with E-state index in [1.54, 1.807) is 0 Å². The number of halogens is 1. The predicted octanol–water partition coefficient (Wildman–Crippen LogP) is 4.02. The van der Waals surface area contributed by atoms with Crippen LogP contribution in [0.4, 0.5) is 0 Å². The monoisotopic (exact) mass is 395 g/mol. The third-order valence-electron chi connectivity index (χ3n) is 5.06. The molecule has 0 saturated carbocycles. The van der Waals surface area contributed by atoms with Gasteiger partial charge in [0.1, 0.15) is 5.76 Å². The van der Waals surface area contributed by atoms with Gasteiger partial charge in [-0.3, -0.25) is 4.79 Å². The van der Waals surface area contributed by atoms with Crippen LogP contribution in [0.1, 0.15) is 23.1 Å². The summed E-state index contributed by atoms with van der Waals surface area (Å²) in [6, 6.07) is 17.3. The van der Waals surface area contributed by atoms with E-state index >= 15 is 0 Å². The molecule has 0 radical (unpaired) electrons. The van der Waals surface area contributed by atoms with Gasteiger partial charge in [0.2, 0.25) is 11.8 Å². The van der Waals surface area contributed by atoms with E-state index in [9.17, 15) is 4.79 Å². The zero-order valence-corrected chi connectivity index (χ0v) is 16.4. The van der Waals surface area contributed by atoms with Crippen molar-refractivity contribution in [3.05, 3.63) is 76.6 Å². The maximum atomic E-state index is 13.1. The van der Waals surface area contributed by atoms with E-state index < -0.39 is 0 Å². The standard InChI is InChI=1S/C22H22ClN3O2/c1-15-19(25-22(28-15)16-7-3-2-4-8-16)13-21(27)26-12-11-24-14-20(26)17-9-5-6-10-18(17)23/h2-10,20,24H,11-14H2,1H3. The van der Waals surface area contributed by atoms with E-state index in [2.05, 4.69) is 10.3 Å². The van der Waals surface area contributed by atoms with Crippen molar-refractivity contribution in [3.63, 3.8) is 0 Å². The van der Waals surface area contributed by atoms with Crippen LogP contribution in [0.3, 0.4) is 0 Å². The average Bonchev–Trinajstić information content (AvgIpc) is 3.09. The molecule has 0 spiro atoms. The predicted molar refractivity (Wildman–Crippen MR) is 109 cm³/mol. The zero-order chi connectivity index (χ0) is 19.5. The first-order valence-corrected chi connectivity index (χ1v) is 9.77. The van der Waals surface area contributed by atoms with Crippen LogP contribution in [0.2, 0.25) is 5.02 Å². The Labute approximate surface area is 169 Å². The maximum Gasteiger partial charge on any atom is 0.229 e. The highest BCUT2D eigenvalue weighted by Crippen LogP contribution is 2.29. The number of carbonyl (C=O) groups is 1. The second-order valence-electron chi connectivity index (χ2n) is 6.89. The minimum absolute atomic E-state index is 0.0300. The van der Waals surface area contributed by atoms with Crippen molar-refractivity contribution < 1.29 is 9.21 Å². The molecule has 2 aromatic carbocycles. The van der Waals surface area contributed by atoms with Gasteiger partial charge in [0, 0.05) is 30.2 Å². The molecular weight excluding hydrogens is 374 g/mol. The average molecular weight is 396 g/mol. The Bertz CT molecular complexity index is 971. The zero-order valence-electron chi connectivity index (χ0n) is 15.7. The van der Waals surface area contributed by atoms with Crippen molar-refractivity contribution in [2.75, 3.05) is 19.6 Å². The number of hydrogen-bond donors (Lipinski definition) is 1. The van der Waals surface area contributed by atoms with E-state index in [1.807, 2.05) is 66.4 Å². The molecule has 5 nitrogen and oxygen atoms in total. The van der Waals surface area contributed by atoms with Gasteiger partial charge < -0.3 is 14.6 Å². The number of carbonyl (C=O) groups excluding carboxylic acids is 1. The number of amides is 1. The van der Waals surface area contributed by atoms with Gasteiger partial charge >= 0.3 is 0 Å². The van der Waals surface area contributed by atoms with Gasteiger partial charge in [-0.15, -0.1) is 0 Å². The first kappa shape index (κ1) is 18.7. The lowest BCUT2D eigenvalue weighted by Crippen LogP contribution is -2.49. The molecule has 2 heterocycles. The van der Waals surface area contributed by atoms with Crippen molar-refractivity contribution in [2.24, 2.45) is 0 Å². The van der Waals surface area contributed by atoms with Crippen molar-refractivity contribution in [3.8, 4) is 11.5 Å². The molecule has 1 unspecified atom stereocenters. The SMILES string of the molecule is Cc1oc(-c2ccccc2)nc1CC(=O)N1CCNCC1c1ccccc1Cl. The number of oxazole rings is 1. The molecule has 144 valence electrons. The smallest absolute Gasteiger partial charge is 0.229 e. The molecule has 3 aromatic rings. The molecule has 1 N–H and O–H groups in total. The minimum Gasteiger partial charge on any atom is -0.441 e. The summed E-state index contributed by atoms with van der Waals surface area (Å²) >= 11 is 6.39. The van der Waals surface area contributed by atoms with Crippen LogP contribution < -0.4 is 5.32 Å². The van der Waals surface area contributed by atoms with E-state index in [4.69, 9.17) is 16.0 Å². The summed E-state index contributed by atoms with van der Waals surface area (Å²) in [5.74, 6) is 1.25. The number of piperazine rings is 1. The second kappa shape index (κ2) is 8.17. The lowest BCUT2D eigenvalue weighted by Gasteiger charge is -2.37. The normalized spacial score (nSPS) is 16.9. The Hall–Kier alpha value is -2.63. The summed E-state index contributed by atoms with van der Waals surface area (Å²) < 4.78 is 5.80. The topological polar surface area (TPSA) is 58.4 Å². The van der Waals surface area contributed by atoms with Crippen molar-refractivity contribution >= 4 is 17.5 Å². The third-order valence-corrected chi connectivity index (χ3v) is 5.40. The largest absolute Gasteiger partial charge is 0.441 e. The number of rotatable bonds is 4. The first-order valence-electron chi connectivity index (χ1n) is 9.40. The molecule has 1 aliphatic rings. The van der Waals surface area contributed by atoms with E-state index in [-0.39, 0.29) is 18.4 Å². The number of aromatic nitrogens is 1. The molecule has 1 fully saturated rings. The van der Waals surface area contributed by atoms with Crippen LogP contribution in [0, 0.1) is 6.92 Å². The molecule has 0 bridgehead atoms. The van der Waals surface area contributed by atoms with Gasteiger partial charge in [0.15, 0.2) is 0 Å². The van der Waals surface area contributed by atoms with Crippen LogP contribution in [0.5, 0.6) is 0 Å². The van der Waals surface area contributed by atoms with Gasteiger partial charge in [-0.1, -0.05) is 48.0 Å². The van der Waals surface area contributed by atoms with Crippen molar-refractivity contribution in [1.82, 2.24) is 15.2 Å². The van der Waals surface area contributed by atoms with Crippen molar-refractivity contribution in [1.29, 1.82) is 0 Å². The molecule has 28 heavy (non-hydrogen) atoms. The number of nitrogens with zero attached hydrogens (tertiary/aromatic N) is 2. The Morgan fingerprint density at radius 1 is 1.21 bits per heavy atom. The quantitative estimate of drug-likeness (QED) is 0.724. The summed E-state index contributed by atoms with van der Waals surface area (Å²) in [5.41, 5.74) is 2.55. The van der Waals surface area contributed by atoms with Crippen molar-refractivity contribution in [2.45, 2.75) is 19.4 Å². The second-order valence-corrected chi connectivity index (χ2v) is 7.30. The lowest BCUT2D eigenvalue weighted by molar-refractivity contribution is -0.133. The highest BCUT2D eigenvalue weighted by atomic mass is 35.5. The number of nitrogens with one attached hydrogen (secondary N) is 1. The van der Waals surface area contributed by atoms with E-state index in [0.29, 0.717) is 35.5 Å². The minimum atomic E-state index is -0.0873. The van der Waals surface area contributed by atoms with Gasteiger partial charge in [0.25, 0.3) is 0 Å². The molecular formula is C22H22ClN3O2. The maximum absolute atomic E-state index is 13.1. The first-order chi connectivity index (χ1) is 13.6. The Morgan fingerprint density at radius 3 is 2.75 bits per heavy atom. The molecule has 0 aliphatic carbocycles. The molecule has 1 saturated heterocycles. The van der Waals surface area contributed by atoms with Crippen LogP contribution >= 0.6 is 11.6 Å². The number of aryl methyl sites for hydroxylation is 1. The van der Waals surface area contributed by atoms with Crippen LogP contribution in [-0.4, -0.2) is 35.4 Å². The summed E-state index contributed by atoms with van der Waals surface area (Å²) in [6.07, 6.45) is 0.211. The summed E-state index contributed by atoms with van der Waals surface area (Å²) in [5, 5.41) is 4.04. The fourth-order valence-electron chi connectivity index (χ4n) is 3.57. The van der Waals surface area contributed by atoms with Gasteiger partial charge in [0.05, 0.1) is 18.2 Å². The molecule has 6 heteroatoms. The van der Waals surface area contributed by atoms with Gasteiger partial charge in [-0.2, -0.15) is 0 Å². The van der Waals surface area contributed by atoms with Gasteiger partial charge in [-0.05, 0) is 30.7 Å². The number of benzene rings is 2. The molecule has 1 aromatic heterocycles. The molecule has 1 amide bonds. The summed E-state index contributed by atoms with van der Waals surface area (Å²) in [4.78, 5) is 19.6. The Balaban J connectivity index is 1.56. The Morgan fingerprint density at radius 2 is 1.96 bits per heavy atom. The highest BCUT2D eigenvalue weighted by Gasteiger charge is 2.30. The summed E-state index contributed by atoms with van der Waals surface area (Å²) in [7, 11) is 0. The fraction of sp³-hybridized carbons (Fsp3) is 0.273. The fourth-order valence-corrected chi connectivity index (χ4v) is 3.83. The van der Waals surface area contributed by atoms with Gasteiger partial charge in [-0.25, -0.2) is 4.98 Å². The molecule has 4 rings (SSSR count). The highest BCUT2D eigenvalue weighted by molar-refractivity contribution is 6.31. The van der Waals surface area contributed by atoms with Crippen LogP contribution in [0.25, 0.3) is 11.5 Å². The van der Waals surface area contributed by atoms with E-state index in [1.165, 1.54) is 0 Å². The summed E-state index contributed by atoms with van der Waals surface area (Å²) in [6.45, 7) is 3.94.